The molecular formula is C17H22N2O2. The zero-order chi connectivity index (χ0) is 15.5. The lowest BCUT2D eigenvalue weighted by molar-refractivity contribution is -0.163. The van der Waals surface area contributed by atoms with Crippen molar-refractivity contribution < 1.29 is 9.53 Å². The average Bonchev–Trinajstić information content (AvgIpc) is 2.35. The third kappa shape index (κ3) is 4.57. The van der Waals surface area contributed by atoms with Crippen molar-refractivity contribution in [3.63, 3.8) is 0 Å². The van der Waals surface area contributed by atoms with Crippen LogP contribution >= 0.6 is 0 Å². The van der Waals surface area contributed by atoms with Crippen LogP contribution in [0.3, 0.4) is 0 Å². The predicted molar refractivity (Wildman–Crippen MR) is 80.4 cm³/mol. The van der Waals surface area contributed by atoms with Crippen LogP contribution in [0, 0.1) is 17.2 Å². The van der Waals surface area contributed by atoms with E-state index in [-0.39, 0.29) is 11.9 Å². The summed E-state index contributed by atoms with van der Waals surface area (Å²) in [7, 11) is 0. The Kier molecular flexibility index (Phi) is 4.64. The number of nitriles is 1. The van der Waals surface area contributed by atoms with Crippen molar-refractivity contribution >= 4 is 5.97 Å². The molecule has 0 aromatic heterocycles. The fourth-order valence-corrected chi connectivity index (χ4v) is 2.32. The summed E-state index contributed by atoms with van der Waals surface area (Å²) in [5.74, 6) is -0.0541. The molecular weight excluding hydrogens is 264 g/mol. The monoisotopic (exact) mass is 286 g/mol. The quantitative estimate of drug-likeness (QED) is 0.865. The van der Waals surface area contributed by atoms with E-state index in [4.69, 9.17) is 10.00 Å². The van der Waals surface area contributed by atoms with Gasteiger partial charge in [-0.3, -0.25) is 4.79 Å². The fourth-order valence-electron chi connectivity index (χ4n) is 2.32. The number of carbonyl (C=O) groups is 1. The standard InChI is InChI=1S/C17H22N2O2/c1-17(2,3)21-16(20)14-8-15(9-14)19-11-13-6-4-12(10-18)5-7-13/h4-7,14-15,19H,8-9,11H2,1-3H3. The van der Waals surface area contributed by atoms with Crippen molar-refractivity contribution in [1.29, 1.82) is 5.26 Å². The molecule has 0 atom stereocenters. The van der Waals surface area contributed by atoms with Crippen molar-refractivity contribution in [1.82, 2.24) is 5.32 Å². The summed E-state index contributed by atoms with van der Waals surface area (Å²) >= 11 is 0. The second-order valence-electron chi connectivity index (χ2n) is 6.59. The molecule has 0 unspecified atom stereocenters. The summed E-state index contributed by atoms with van der Waals surface area (Å²) in [5.41, 5.74) is 1.42. The maximum Gasteiger partial charge on any atom is 0.309 e. The first-order valence-electron chi connectivity index (χ1n) is 7.32. The second kappa shape index (κ2) is 6.28. The van der Waals surface area contributed by atoms with Crippen molar-refractivity contribution in [2.45, 2.75) is 51.8 Å². The van der Waals surface area contributed by atoms with Crippen LogP contribution in [0.25, 0.3) is 0 Å². The molecule has 1 fully saturated rings. The number of hydrogen-bond donors (Lipinski definition) is 1. The van der Waals surface area contributed by atoms with Crippen LogP contribution in [-0.4, -0.2) is 17.6 Å². The predicted octanol–water partition coefficient (Wildman–Crippen LogP) is 2.77. The van der Waals surface area contributed by atoms with E-state index in [9.17, 15) is 4.79 Å². The zero-order valence-corrected chi connectivity index (χ0v) is 12.8. The van der Waals surface area contributed by atoms with Gasteiger partial charge in [-0.1, -0.05) is 12.1 Å². The van der Waals surface area contributed by atoms with Crippen molar-refractivity contribution in [3.05, 3.63) is 35.4 Å². The molecule has 1 aromatic carbocycles. The van der Waals surface area contributed by atoms with Gasteiger partial charge in [-0.2, -0.15) is 5.26 Å². The Hall–Kier alpha value is -1.86. The Bertz CT molecular complexity index is 531. The first kappa shape index (κ1) is 15.5. The fraction of sp³-hybridized carbons (Fsp3) is 0.529. The lowest BCUT2D eigenvalue weighted by atomic mass is 9.80. The Balaban J connectivity index is 1.71. The molecule has 1 saturated carbocycles. The van der Waals surface area contributed by atoms with Crippen LogP contribution in [0.1, 0.15) is 44.7 Å². The number of ether oxygens (including phenoxy) is 1. The zero-order valence-electron chi connectivity index (χ0n) is 12.8. The van der Waals surface area contributed by atoms with Gasteiger partial charge in [0.1, 0.15) is 5.60 Å². The number of nitrogens with one attached hydrogen (secondary N) is 1. The molecule has 0 bridgehead atoms. The molecule has 0 aliphatic heterocycles. The van der Waals surface area contributed by atoms with E-state index in [0.717, 1.165) is 24.9 Å². The smallest absolute Gasteiger partial charge is 0.309 e. The molecule has 0 saturated heterocycles. The topological polar surface area (TPSA) is 62.1 Å². The SMILES string of the molecule is CC(C)(C)OC(=O)C1CC(NCc2ccc(C#N)cc2)C1. The number of carbonyl (C=O) groups excluding carboxylic acids is 1. The van der Waals surface area contributed by atoms with Gasteiger partial charge in [0.25, 0.3) is 0 Å². The molecule has 1 aromatic rings. The highest BCUT2D eigenvalue weighted by Crippen LogP contribution is 2.30. The maximum atomic E-state index is 11.9. The van der Waals surface area contributed by atoms with E-state index in [2.05, 4.69) is 11.4 Å². The van der Waals surface area contributed by atoms with Gasteiger partial charge in [0.15, 0.2) is 0 Å². The Morgan fingerprint density at radius 1 is 1.33 bits per heavy atom. The van der Waals surface area contributed by atoms with Gasteiger partial charge < -0.3 is 10.1 Å². The van der Waals surface area contributed by atoms with Crippen molar-refractivity contribution in [3.8, 4) is 6.07 Å². The molecule has 1 N–H and O–H groups in total. The van der Waals surface area contributed by atoms with Gasteiger partial charge >= 0.3 is 5.97 Å². The third-order valence-electron chi connectivity index (χ3n) is 3.56. The number of rotatable bonds is 4. The summed E-state index contributed by atoms with van der Waals surface area (Å²) < 4.78 is 5.38. The van der Waals surface area contributed by atoms with E-state index in [1.54, 1.807) is 0 Å². The molecule has 0 spiro atoms. The molecule has 2 rings (SSSR count). The number of esters is 1. The largest absolute Gasteiger partial charge is 0.460 e. The minimum Gasteiger partial charge on any atom is -0.460 e. The van der Waals surface area contributed by atoms with Gasteiger partial charge in [0.2, 0.25) is 0 Å². The lowest BCUT2D eigenvalue weighted by Crippen LogP contribution is -2.45. The molecule has 1 aliphatic rings. The Labute approximate surface area is 126 Å². The van der Waals surface area contributed by atoms with Crippen LogP contribution in [-0.2, 0) is 16.1 Å². The van der Waals surface area contributed by atoms with E-state index in [1.807, 2.05) is 45.0 Å². The maximum absolute atomic E-state index is 11.9. The molecule has 1 aliphatic carbocycles. The average molecular weight is 286 g/mol. The van der Waals surface area contributed by atoms with Crippen LogP contribution < -0.4 is 5.32 Å². The minimum absolute atomic E-state index is 0.0303. The Morgan fingerprint density at radius 3 is 2.48 bits per heavy atom. The molecule has 21 heavy (non-hydrogen) atoms. The van der Waals surface area contributed by atoms with Crippen LogP contribution in [0.5, 0.6) is 0 Å². The summed E-state index contributed by atoms with van der Waals surface area (Å²) in [6.45, 7) is 6.44. The molecule has 0 amide bonds. The van der Waals surface area contributed by atoms with E-state index in [1.165, 1.54) is 0 Å². The highest BCUT2D eigenvalue weighted by atomic mass is 16.6. The van der Waals surface area contributed by atoms with Crippen molar-refractivity contribution in [2.75, 3.05) is 0 Å². The molecule has 4 nitrogen and oxygen atoms in total. The second-order valence-corrected chi connectivity index (χ2v) is 6.59. The Morgan fingerprint density at radius 2 is 1.95 bits per heavy atom. The number of hydrogen-bond acceptors (Lipinski definition) is 4. The van der Waals surface area contributed by atoms with Gasteiger partial charge in [-0.25, -0.2) is 0 Å². The number of nitrogens with zero attached hydrogens (tertiary/aromatic N) is 1. The first-order chi connectivity index (χ1) is 9.87. The highest BCUT2D eigenvalue weighted by Gasteiger charge is 2.36. The van der Waals surface area contributed by atoms with E-state index < -0.39 is 5.60 Å². The summed E-state index contributed by atoms with van der Waals surface area (Å²) in [6.07, 6.45) is 1.68. The number of benzene rings is 1. The van der Waals surface area contributed by atoms with Crippen LogP contribution in [0.2, 0.25) is 0 Å². The van der Waals surface area contributed by atoms with E-state index in [0.29, 0.717) is 11.6 Å². The molecule has 4 heteroatoms. The van der Waals surface area contributed by atoms with Gasteiger partial charge in [-0.15, -0.1) is 0 Å². The molecule has 0 radical (unpaired) electrons. The van der Waals surface area contributed by atoms with Crippen LogP contribution in [0.15, 0.2) is 24.3 Å². The first-order valence-corrected chi connectivity index (χ1v) is 7.32. The third-order valence-corrected chi connectivity index (χ3v) is 3.56. The van der Waals surface area contributed by atoms with Gasteiger partial charge in [-0.05, 0) is 51.3 Å². The van der Waals surface area contributed by atoms with Crippen molar-refractivity contribution in [2.24, 2.45) is 5.92 Å². The summed E-state index contributed by atoms with van der Waals surface area (Å²) in [5, 5.41) is 12.2. The highest BCUT2D eigenvalue weighted by molar-refractivity contribution is 5.74. The van der Waals surface area contributed by atoms with E-state index >= 15 is 0 Å². The van der Waals surface area contributed by atoms with Gasteiger partial charge in [0, 0.05) is 12.6 Å². The molecule has 112 valence electrons. The van der Waals surface area contributed by atoms with Crippen LogP contribution in [0.4, 0.5) is 0 Å². The van der Waals surface area contributed by atoms with Gasteiger partial charge in [0.05, 0.1) is 17.6 Å². The summed E-state index contributed by atoms with van der Waals surface area (Å²) in [6, 6.07) is 10.0. The molecule has 0 heterocycles. The minimum atomic E-state index is -0.405. The lowest BCUT2D eigenvalue weighted by Gasteiger charge is -2.36. The summed E-state index contributed by atoms with van der Waals surface area (Å²) in [4.78, 5) is 11.9. The normalized spacial score (nSPS) is 21.2.